The molecule has 5 unspecified atom stereocenters. The van der Waals surface area contributed by atoms with Crippen LogP contribution in [0, 0.1) is 11.8 Å². The molecule has 0 aliphatic rings. The van der Waals surface area contributed by atoms with Crippen molar-refractivity contribution in [2.24, 2.45) is 11.8 Å². The van der Waals surface area contributed by atoms with Gasteiger partial charge in [-0.15, -0.1) is 29.3 Å². The summed E-state index contributed by atoms with van der Waals surface area (Å²) in [6.45, 7) is 34.1. The van der Waals surface area contributed by atoms with Crippen LogP contribution >= 0.6 is 75.4 Å². The van der Waals surface area contributed by atoms with Crippen molar-refractivity contribution < 1.29 is 27.1 Å². The third kappa shape index (κ3) is 30.0. The highest BCUT2D eigenvalue weighted by molar-refractivity contribution is 8.55. The highest BCUT2D eigenvalue weighted by Gasteiger charge is 2.25. The Bertz CT molecular complexity index is 686. The second-order valence-corrected chi connectivity index (χ2v) is 26.8. The van der Waals surface area contributed by atoms with Crippen molar-refractivity contribution >= 4 is 75.4 Å². The van der Waals surface area contributed by atoms with Gasteiger partial charge in [-0.25, -0.2) is 0 Å². The van der Waals surface area contributed by atoms with Gasteiger partial charge >= 0.3 is 0 Å². The Labute approximate surface area is 300 Å². The van der Waals surface area contributed by atoms with Crippen molar-refractivity contribution in [2.75, 3.05) is 35.3 Å². The van der Waals surface area contributed by atoms with E-state index in [2.05, 4.69) is 104 Å². The van der Waals surface area contributed by atoms with Crippen LogP contribution in [0.4, 0.5) is 0 Å². The summed E-state index contributed by atoms with van der Waals surface area (Å²) in [7, 11) is -3.20. The normalized spacial score (nSPS) is 16.1. The summed E-state index contributed by atoms with van der Waals surface area (Å²) in [6.07, 6.45) is 4.05. The first-order valence-corrected chi connectivity index (χ1v) is 27.9. The molecule has 0 spiro atoms. The Morgan fingerprint density at radius 1 is 0.533 bits per heavy atom. The van der Waals surface area contributed by atoms with Crippen molar-refractivity contribution in [2.45, 2.75) is 140 Å². The lowest BCUT2D eigenvalue weighted by molar-refractivity contribution is 0.187. The van der Waals surface area contributed by atoms with Gasteiger partial charge in [0.1, 0.15) is 0 Å². The van der Waals surface area contributed by atoms with E-state index in [1.807, 2.05) is 34.1 Å². The SMILES string of the molecule is C=C(C)CCSP(CC(C)C)OC(C)CSP(CC(C)CSP(OC(C)C)OC(C)C)OC(C)CSP(OC(C)C)OC(C)C. The average Bonchev–Trinajstić information content (AvgIpc) is 2.87. The molecule has 0 heterocycles. The average molecular weight is 787 g/mol. The van der Waals surface area contributed by atoms with Crippen molar-refractivity contribution in [3.63, 3.8) is 0 Å². The summed E-state index contributed by atoms with van der Waals surface area (Å²) >= 11 is 7.53. The van der Waals surface area contributed by atoms with E-state index in [-0.39, 0.29) is 36.6 Å². The molecule has 0 rings (SSSR count). The fraction of sp³-hybridized carbons (Fsp3) is 0.935. The van der Waals surface area contributed by atoms with Gasteiger partial charge < -0.3 is 27.1 Å². The van der Waals surface area contributed by atoms with E-state index in [9.17, 15) is 0 Å². The van der Waals surface area contributed by atoms with Gasteiger partial charge in [-0.1, -0.05) is 49.1 Å². The minimum absolute atomic E-state index is 0.0997. The summed E-state index contributed by atoms with van der Waals surface area (Å²) in [6, 6.07) is 0. The molecule has 0 aliphatic heterocycles. The van der Waals surface area contributed by atoms with Crippen molar-refractivity contribution in [1.29, 1.82) is 0 Å². The second kappa shape index (κ2) is 28.2. The molecule has 270 valence electrons. The molecule has 0 saturated carbocycles. The van der Waals surface area contributed by atoms with Gasteiger partial charge in [0.15, 0.2) is 0 Å². The smallest absolute Gasteiger partial charge is 0.238 e. The van der Waals surface area contributed by atoms with Crippen LogP contribution in [0.3, 0.4) is 0 Å². The summed E-state index contributed by atoms with van der Waals surface area (Å²) in [5.41, 5.74) is 1.24. The highest BCUT2D eigenvalue weighted by atomic mass is 32.7. The van der Waals surface area contributed by atoms with E-state index in [0.29, 0.717) is 11.8 Å². The predicted octanol–water partition coefficient (Wildman–Crippen LogP) is 13.8. The third-order valence-electron chi connectivity index (χ3n) is 4.85. The van der Waals surface area contributed by atoms with Gasteiger partial charge in [-0.05, 0) is 94.4 Å². The number of hydrogen-bond acceptors (Lipinski definition) is 10. The largest absolute Gasteiger partial charge is 0.344 e. The fourth-order valence-corrected chi connectivity index (χ4v) is 20.3. The molecule has 0 aromatic rings. The van der Waals surface area contributed by atoms with Gasteiger partial charge in [-0.2, -0.15) is 0 Å². The first-order chi connectivity index (χ1) is 21.0. The standard InChI is InChI=1S/C31H66O6P4S4/c1-23(2)16-17-42-38(18-24(3)4)36-30(14)21-43-39(19-29(13)20-44-40(32-25(5)6)33-26(7)8)37-31(15)22-45-41(34-27(9)10)35-28(11)12/h24-31H,1,16-22H2,2-15H3. The molecule has 5 atom stereocenters. The topological polar surface area (TPSA) is 55.4 Å². The lowest BCUT2D eigenvalue weighted by Crippen LogP contribution is -2.14. The quantitative estimate of drug-likeness (QED) is 0.0541. The zero-order valence-electron chi connectivity index (χ0n) is 30.6. The maximum absolute atomic E-state index is 6.80. The molecule has 0 bridgehead atoms. The van der Waals surface area contributed by atoms with Crippen LogP contribution in [0.5, 0.6) is 0 Å². The maximum atomic E-state index is 6.80. The second-order valence-electron chi connectivity index (χ2n) is 12.9. The fourth-order valence-electron chi connectivity index (χ4n) is 3.04. The van der Waals surface area contributed by atoms with Crippen LogP contribution in [0.25, 0.3) is 0 Å². The molecule has 0 radical (unpaired) electrons. The van der Waals surface area contributed by atoms with Crippen LogP contribution in [0.2, 0.25) is 0 Å². The third-order valence-corrected chi connectivity index (χ3v) is 21.0. The molecular formula is C31H66O6P4S4. The molecule has 0 aromatic heterocycles. The van der Waals surface area contributed by atoms with Crippen LogP contribution in [0.15, 0.2) is 12.2 Å². The van der Waals surface area contributed by atoms with Crippen molar-refractivity contribution in [1.82, 2.24) is 0 Å². The lowest BCUT2D eigenvalue weighted by atomic mass is 10.3. The van der Waals surface area contributed by atoms with Crippen LogP contribution < -0.4 is 0 Å². The van der Waals surface area contributed by atoms with Crippen molar-refractivity contribution in [3.8, 4) is 0 Å². The molecule has 0 N–H and O–H groups in total. The maximum Gasteiger partial charge on any atom is 0.238 e. The van der Waals surface area contributed by atoms with Gasteiger partial charge in [-0.3, -0.25) is 0 Å². The molecule has 14 heteroatoms. The molecule has 45 heavy (non-hydrogen) atoms. The van der Waals surface area contributed by atoms with Crippen molar-refractivity contribution in [3.05, 3.63) is 12.2 Å². The molecule has 0 saturated heterocycles. The van der Waals surface area contributed by atoms with E-state index in [0.717, 1.165) is 41.8 Å². The number of rotatable bonds is 29. The van der Waals surface area contributed by atoms with Gasteiger partial charge in [0, 0.05) is 35.3 Å². The van der Waals surface area contributed by atoms with Gasteiger partial charge in [0.2, 0.25) is 15.2 Å². The molecule has 0 aliphatic carbocycles. The Hall–Kier alpha value is 2.62. The Morgan fingerprint density at radius 3 is 1.33 bits per heavy atom. The summed E-state index contributed by atoms with van der Waals surface area (Å²) in [5.74, 6) is 4.94. The molecule has 0 aromatic carbocycles. The lowest BCUT2D eigenvalue weighted by Gasteiger charge is -2.28. The van der Waals surface area contributed by atoms with Gasteiger partial charge in [0.25, 0.3) is 0 Å². The first kappa shape index (κ1) is 47.6. The minimum Gasteiger partial charge on any atom is -0.344 e. The first-order valence-electron chi connectivity index (χ1n) is 16.3. The van der Waals surface area contributed by atoms with Crippen LogP contribution in [0.1, 0.15) is 103 Å². The van der Waals surface area contributed by atoms with Crippen LogP contribution in [-0.4, -0.2) is 72.0 Å². The highest BCUT2D eigenvalue weighted by Crippen LogP contribution is 2.60. The van der Waals surface area contributed by atoms with E-state index in [4.69, 9.17) is 27.1 Å². The summed E-state index contributed by atoms with van der Waals surface area (Å²) < 4.78 is 37.8. The van der Waals surface area contributed by atoms with E-state index in [1.54, 1.807) is 11.4 Å². The van der Waals surface area contributed by atoms with Gasteiger partial charge in [0.05, 0.1) is 51.3 Å². The Kier molecular flexibility index (Phi) is 29.9. The Morgan fingerprint density at radius 2 is 0.933 bits per heavy atom. The summed E-state index contributed by atoms with van der Waals surface area (Å²) in [4.78, 5) is 0. The molecule has 0 amide bonds. The Balaban J connectivity index is 5.39. The van der Waals surface area contributed by atoms with Crippen LogP contribution in [-0.2, 0) is 27.1 Å². The van der Waals surface area contributed by atoms with E-state index >= 15 is 0 Å². The van der Waals surface area contributed by atoms with E-state index in [1.165, 1.54) is 5.57 Å². The summed E-state index contributed by atoms with van der Waals surface area (Å²) in [5, 5.41) is 0. The zero-order valence-corrected chi connectivity index (χ0v) is 37.5. The molecule has 6 nitrogen and oxygen atoms in total. The number of hydrogen-bond donors (Lipinski definition) is 0. The number of allylic oxidation sites excluding steroid dienone is 1. The zero-order chi connectivity index (χ0) is 34.5. The predicted molar refractivity (Wildman–Crippen MR) is 217 cm³/mol. The molecule has 0 fully saturated rings. The minimum atomic E-state index is -1.00. The van der Waals surface area contributed by atoms with E-state index < -0.39 is 29.9 Å². The monoisotopic (exact) mass is 786 g/mol. The molecular weight excluding hydrogens is 720 g/mol.